The largest absolute Gasteiger partial charge is 0.390 e. The molecule has 5 heteroatoms. The highest BCUT2D eigenvalue weighted by Gasteiger charge is 2.37. The number of nitrogens with zero attached hydrogens (tertiary/aromatic N) is 4. The monoisotopic (exact) mass is 382 g/mol. The Labute approximate surface area is 168 Å². The lowest BCUT2D eigenvalue weighted by molar-refractivity contribution is -0.0102. The van der Waals surface area contributed by atoms with Crippen LogP contribution in [-0.4, -0.2) is 44.2 Å². The molecule has 2 heterocycles. The average Bonchev–Trinajstić information content (AvgIpc) is 3.44. The number of hydrogen-bond donors (Lipinski definition) is 1. The average molecular weight is 383 g/mol. The molecule has 5 nitrogen and oxygen atoms in total. The first-order valence-electron chi connectivity index (χ1n) is 11.1. The first kappa shape index (κ1) is 19.6. The van der Waals surface area contributed by atoms with E-state index >= 15 is 0 Å². The lowest BCUT2D eigenvalue weighted by Crippen LogP contribution is -2.46. The van der Waals surface area contributed by atoms with Gasteiger partial charge in [0.2, 0.25) is 0 Å². The number of likely N-dealkylation sites (tertiary alicyclic amines) is 1. The molecule has 152 valence electrons. The van der Waals surface area contributed by atoms with Crippen LogP contribution in [0.5, 0.6) is 0 Å². The van der Waals surface area contributed by atoms with Gasteiger partial charge in [0.1, 0.15) is 0 Å². The van der Waals surface area contributed by atoms with Crippen molar-refractivity contribution in [3.8, 4) is 0 Å². The molecular formula is C23H34N4O. The van der Waals surface area contributed by atoms with E-state index in [1.54, 1.807) is 0 Å². The predicted octanol–water partition coefficient (Wildman–Crippen LogP) is 4.39. The summed E-state index contributed by atoms with van der Waals surface area (Å²) in [5, 5.41) is 19.7. The standard InChI is InChI=1S/C23H34N4O/c1-3-4-5-6-13-26-16-23(28)22(27-15-20(24-25-27)18-11-12-18)14-21(26)19-9-7-17(2)8-10-19/h7-10,15,18,21-23,28H,3-6,11-14,16H2,1-2H3/t21-,22+,23+/m0/s1. The topological polar surface area (TPSA) is 54.2 Å². The number of unbranched alkanes of at least 4 members (excludes halogenated alkanes) is 3. The zero-order chi connectivity index (χ0) is 19.5. The van der Waals surface area contributed by atoms with Gasteiger partial charge < -0.3 is 5.11 Å². The fraction of sp³-hybridized carbons (Fsp3) is 0.652. The van der Waals surface area contributed by atoms with E-state index < -0.39 is 6.10 Å². The molecule has 1 aliphatic heterocycles. The summed E-state index contributed by atoms with van der Waals surface area (Å²) in [6, 6.07) is 9.23. The third-order valence-electron chi connectivity index (χ3n) is 6.40. The van der Waals surface area contributed by atoms with Gasteiger partial charge >= 0.3 is 0 Å². The molecule has 1 saturated carbocycles. The number of aryl methyl sites for hydroxylation is 1. The van der Waals surface area contributed by atoms with Crippen LogP contribution in [0.2, 0.25) is 0 Å². The molecule has 2 aliphatic rings. The van der Waals surface area contributed by atoms with Crippen molar-refractivity contribution in [1.82, 2.24) is 19.9 Å². The zero-order valence-electron chi connectivity index (χ0n) is 17.3. The van der Waals surface area contributed by atoms with Crippen LogP contribution in [-0.2, 0) is 0 Å². The fourth-order valence-electron chi connectivity index (χ4n) is 4.45. The molecule has 2 aromatic rings. The minimum absolute atomic E-state index is 0.00167. The second-order valence-electron chi connectivity index (χ2n) is 8.75. The van der Waals surface area contributed by atoms with E-state index in [0.717, 1.165) is 18.7 Å². The van der Waals surface area contributed by atoms with Crippen molar-refractivity contribution < 1.29 is 5.11 Å². The van der Waals surface area contributed by atoms with Crippen molar-refractivity contribution in [3.63, 3.8) is 0 Å². The van der Waals surface area contributed by atoms with Crippen LogP contribution in [0, 0.1) is 6.92 Å². The molecule has 1 aromatic carbocycles. The maximum absolute atomic E-state index is 10.9. The van der Waals surface area contributed by atoms with Crippen molar-refractivity contribution in [2.45, 2.75) is 82.9 Å². The van der Waals surface area contributed by atoms with Gasteiger partial charge in [0, 0.05) is 24.7 Å². The Hall–Kier alpha value is -1.72. The first-order valence-corrected chi connectivity index (χ1v) is 11.1. The van der Waals surface area contributed by atoms with Crippen LogP contribution in [0.25, 0.3) is 0 Å². The highest BCUT2D eigenvalue weighted by atomic mass is 16.3. The molecule has 1 N–H and O–H groups in total. The second-order valence-corrected chi connectivity index (χ2v) is 8.75. The quantitative estimate of drug-likeness (QED) is 0.688. The van der Waals surface area contributed by atoms with E-state index in [1.165, 1.54) is 49.7 Å². The van der Waals surface area contributed by atoms with Crippen molar-refractivity contribution >= 4 is 0 Å². The molecule has 1 aliphatic carbocycles. The van der Waals surface area contributed by atoms with E-state index in [-0.39, 0.29) is 6.04 Å². The fourth-order valence-corrected chi connectivity index (χ4v) is 4.45. The Kier molecular flexibility index (Phi) is 6.12. The Morgan fingerprint density at radius 3 is 2.61 bits per heavy atom. The lowest BCUT2D eigenvalue weighted by Gasteiger charge is -2.42. The number of aromatic nitrogens is 3. The van der Waals surface area contributed by atoms with Crippen molar-refractivity contribution in [2.75, 3.05) is 13.1 Å². The summed E-state index contributed by atoms with van der Waals surface area (Å²) >= 11 is 0. The van der Waals surface area contributed by atoms with Gasteiger partial charge in [0.25, 0.3) is 0 Å². The van der Waals surface area contributed by atoms with Crippen molar-refractivity contribution in [3.05, 3.63) is 47.3 Å². The molecule has 0 bridgehead atoms. The minimum Gasteiger partial charge on any atom is -0.390 e. The molecule has 1 saturated heterocycles. The second kappa shape index (κ2) is 8.75. The van der Waals surface area contributed by atoms with Gasteiger partial charge in [-0.2, -0.15) is 0 Å². The molecule has 4 rings (SSSR count). The summed E-state index contributed by atoms with van der Waals surface area (Å²) in [4.78, 5) is 2.49. The Bertz CT molecular complexity index is 752. The van der Waals surface area contributed by atoms with Gasteiger partial charge in [-0.05, 0) is 44.7 Å². The van der Waals surface area contributed by atoms with E-state index in [4.69, 9.17) is 0 Å². The molecule has 2 fully saturated rings. The van der Waals surface area contributed by atoms with Gasteiger partial charge in [-0.3, -0.25) is 4.90 Å². The summed E-state index contributed by atoms with van der Waals surface area (Å²) in [6.45, 7) is 6.13. The number of benzene rings is 1. The Balaban J connectivity index is 1.52. The number of rotatable bonds is 8. The summed E-state index contributed by atoms with van der Waals surface area (Å²) in [7, 11) is 0. The molecule has 0 radical (unpaired) electrons. The molecule has 0 unspecified atom stereocenters. The highest BCUT2D eigenvalue weighted by Crippen LogP contribution is 2.40. The lowest BCUT2D eigenvalue weighted by atomic mass is 9.89. The van der Waals surface area contributed by atoms with Crippen LogP contribution in [0.4, 0.5) is 0 Å². The van der Waals surface area contributed by atoms with E-state index in [0.29, 0.717) is 18.5 Å². The molecule has 3 atom stereocenters. The van der Waals surface area contributed by atoms with Crippen LogP contribution in [0.1, 0.15) is 86.7 Å². The predicted molar refractivity (Wildman–Crippen MR) is 111 cm³/mol. The van der Waals surface area contributed by atoms with Gasteiger partial charge in [-0.15, -0.1) is 5.10 Å². The Morgan fingerprint density at radius 2 is 1.89 bits per heavy atom. The molecule has 1 aromatic heterocycles. The zero-order valence-corrected chi connectivity index (χ0v) is 17.3. The molecular weight excluding hydrogens is 348 g/mol. The maximum atomic E-state index is 10.9. The van der Waals surface area contributed by atoms with Crippen molar-refractivity contribution in [2.24, 2.45) is 0 Å². The molecule has 0 spiro atoms. The van der Waals surface area contributed by atoms with Crippen LogP contribution < -0.4 is 0 Å². The number of aliphatic hydroxyl groups is 1. The summed E-state index contributed by atoms with van der Waals surface area (Å²) in [6.07, 6.45) is 10.0. The normalized spacial score (nSPS) is 25.9. The number of aliphatic hydroxyl groups excluding tert-OH is 1. The van der Waals surface area contributed by atoms with Crippen LogP contribution >= 0.6 is 0 Å². The smallest absolute Gasteiger partial charge is 0.0892 e. The van der Waals surface area contributed by atoms with Crippen LogP contribution in [0.3, 0.4) is 0 Å². The van der Waals surface area contributed by atoms with Gasteiger partial charge in [0.15, 0.2) is 0 Å². The molecule has 0 amide bonds. The van der Waals surface area contributed by atoms with Crippen LogP contribution in [0.15, 0.2) is 30.5 Å². The minimum atomic E-state index is -0.401. The van der Waals surface area contributed by atoms with Gasteiger partial charge in [-0.25, -0.2) is 4.68 Å². The molecule has 28 heavy (non-hydrogen) atoms. The van der Waals surface area contributed by atoms with E-state index in [9.17, 15) is 5.11 Å². The number of piperidine rings is 1. The van der Waals surface area contributed by atoms with Gasteiger partial charge in [-0.1, -0.05) is 61.2 Å². The van der Waals surface area contributed by atoms with E-state index in [1.807, 2.05) is 4.68 Å². The van der Waals surface area contributed by atoms with Crippen molar-refractivity contribution in [1.29, 1.82) is 0 Å². The number of hydrogen-bond acceptors (Lipinski definition) is 4. The summed E-state index contributed by atoms with van der Waals surface area (Å²) in [5.41, 5.74) is 3.73. The third kappa shape index (κ3) is 4.47. The maximum Gasteiger partial charge on any atom is 0.0892 e. The Morgan fingerprint density at radius 1 is 1.11 bits per heavy atom. The third-order valence-corrected chi connectivity index (χ3v) is 6.40. The first-order chi connectivity index (χ1) is 13.7. The highest BCUT2D eigenvalue weighted by molar-refractivity contribution is 5.25. The summed E-state index contributed by atoms with van der Waals surface area (Å²) < 4.78 is 1.94. The SMILES string of the molecule is CCCCCCN1C[C@@H](O)[C@H](n2cc(C3CC3)nn2)C[C@H]1c1ccc(C)cc1. The van der Waals surface area contributed by atoms with Gasteiger partial charge in [0.05, 0.1) is 17.8 Å². The summed E-state index contributed by atoms with van der Waals surface area (Å²) in [5.74, 6) is 0.595. The number of β-amino-alcohol motifs (C(OH)–C–C–N with tert-alkyl or cyclic N) is 1. The van der Waals surface area contributed by atoms with E-state index in [2.05, 4.69) is 59.5 Å².